The molecule has 138 valence electrons. The van der Waals surface area contributed by atoms with E-state index in [9.17, 15) is 4.79 Å². The van der Waals surface area contributed by atoms with Crippen LogP contribution in [0.1, 0.15) is 5.56 Å². The highest BCUT2D eigenvalue weighted by molar-refractivity contribution is 6.02. The molecule has 0 aliphatic heterocycles. The van der Waals surface area contributed by atoms with Crippen LogP contribution in [0, 0.1) is 0 Å². The molecular formula is C22H18N4O2. The number of aromatic nitrogens is 3. The maximum absolute atomic E-state index is 12.1. The van der Waals surface area contributed by atoms with Gasteiger partial charge in [-0.05, 0) is 42.0 Å². The fraction of sp³-hybridized carbons (Fsp3) is 0.0455. The second kappa shape index (κ2) is 7.75. The van der Waals surface area contributed by atoms with Crippen LogP contribution in [0.5, 0.6) is 5.75 Å². The van der Waals surface area contributed by atoms with Crippen molar-refractivity contribution < 1.29 is 9.53 Å². The Bertz CT molecular complexity index is 1100. The number of benzene rings is 2. The standard InChI is InChI=1S/C22H18N4O2/c1-28-19-10-3-16(4-11-19)5-12-21(27)24-18-8-6-17(7-9-18)20-15-26-14-2-13-23-22(26)25-20/h2-15H,1H3,(H,24,27)/b12-5+. The lowest BCUT2D eigenvalue weighted by Gasteiger charge is -2.03. The summed E-state index contributed by atoms with van der Waals surface area (Å²) in [6.07, 6.45) is 8.80. The SMILES string of the molecule is COc1ccc(/C=C/C(=O)Nc2ccc(-c3cn4cccnc4n3)cc2)cc1. The highest BCUT2D eigenvalue weighted by atomic mass is 16.5. The van der Waals surface area contributed by atoms with Gasteiger partial charge in [-0.25, -0.2) is 9.97 Å². The van der Waals surface area contributed by atoms with Gasteiger partial charge >= 0.3 is 0 Å². The van der Waals surface area contributed by atoms with Gasteiger partial charge in [0, 0.05) is 35.9 Å². The normalized spacial score (nSPS) is 11.0. The molecule has 4 rings (SSSR count). The van der Waals surface area contributed by atoms with E-state index >= 15 is 0 Å². The fourth-order valence-electron chi connectivity index (χ4n) is 2.76. The summed E-state index contributed by atoms with van der Waals surface area (Å²) in [6, 6.07) is 16.9. The lowest BCUT2D eigenvalue weighted by atomic mass is 10.1. The monoisotopic (exact) mass is 370 g/mol. The zero-order valence-corrected chi connectivity index (χ0v) is 15.2. The maximum Gasteiger partial charge on any atom is 0.248 e. The molecule has 6 heteroatoms. The number of carbonyl (C=O) groups excluding carboxylic acids is 1. The summed E-state index contributed by atoms with van der Waals surface area (Å²) in [5, 5.41) is 2.85. The van der Waals surface area contributed by atoms with E-state index in [0.717, 1.165) is 28.3 Å². The second-order valence-electron chi connectivity index (χ2n) is 6.13. The van der Waals surface area contributed by atoms with Gasteiger partial charge in [0.1, 0.15) is 5.75 Å². The Labute approximate surface area is 162 Å². The Morgan fingerprint density at radius 2 is 1.89 bits per heavy atom. The summed E-state index contributed by atoms with van der Waals surface area (Å²) < 4.78 is 6.99. The van der Waals surface area contributed by atoms with Gasteiger partial charge < -0.3 is 10.1 Å². The summed E-state index contributed by atoms with van der Waals surface area (Å²) in [7, 11) is 1.62. The number of nitrogens with zero attached hydrogens (tertiary/aromatic N) is 3. The first-order valence-corrected chi connectivity index (χ1v) is 8.74. The van der Waals surface area contributed by atoms with Gasteiger partial charge in [0.2, 0.25) is 11.7 Å². The summed E-state index contributed by atoms with van der Waals surface area (Å²) in [5.74, 6) is 1.24. The van der Waals surface area contributed by atoms with Crippen molar-refractivity contribution in [1.82, 2.24) is 14.4 Å². The Kier molecular flexibility index (Phi) is 4.84. The average molecular weight is 370 g/mol. The largest absolute Gasteiger partial charge is 0.497 e. The van der Waals surface area contributed by atoms with Crippen molar-refractivity contribution in [1.29, 1.82) is 0 Å². The van der Waals surface area contributed by atoms with Gasteiger partial charge in [0.05, 0.1) is 12.8 Å². The van der Waals surface area contributed by atoms with Gasteiger partial charge in [0.25, 0.3) is 0 Å². The molecule has 0 spiro atoms. The molecule has 6 nitrogen and oxygen atoms in total. The van der Waals surface area contributed by atoms with Crippen LogP contribution in [-0.4, -0.2) is 27.4 Å². The van der Waals surface area contributed by atoms with Crippen LogP contribution in [0.4, 0.5) is 5.69 Å². The lowest BCUT2D eigenvalue weighted by molar-refractivity contribution is -0.111. The van der Waals surface area contributed by atoms with Gasteiger partial charge in [-0.3, -0.25) is 9.20 Å². The van der Waals surface area contributed by atoms with E-state index in [-0.39, 0.29) is 5.91 Å². The summed E-state index contributed by atoms with van der Waals surface area (Å²) in [6.45, 7) is 0. The molecule has 1 N–H and O–H groups in total. The number of rotatable bonds is 5. The minimum absolute atomic E-state index is 0.194. The summed E-state index contributed by atoms with van der Waals surface area (Å²) >= 11 is 0. The number of amides is 1. The molecule has 0 unspecified atom stereocenters. The molecule has 0 aliphatic rings. The number of fused-ring (bicyclic) bond motifs is 1. The van der Waals surface area contributed by atoms with E-state index in [1.54, 1.807) is 19.4 Å². The van der Waals surface area contributed by atoms with Crippen LogP contribution >= 0.6 is 0 Å². The molecule has 0 bridgehead atoms. The van der Waals surface area contributed by atoms with Crippen molar-refractivity contribution in [3.05, 3.63) is 84.8 Å². The van der Waals surface area contributed by atoms with Crippen molar-refractivity contribution in [2.75, 3.05) is 12.4 Å². The summed E-state index contributed by atoms with van der Waals surface area (Å²) in [4.78, 5) is 20.8. The van der Waals surface area contributed by atoms with E-state index in [1.807, 2.05) is 71.4 Å². The fourth-order valence-corrected chi connectivity index (χ4v) is 2.76. The molecule has 2 aromatic carbocycles. The molecule has 0 atom stereocenters. The van der Waals surface area contributed by atoms with Crippen LogP contribution in [-0.2, 0) is 4.79 Å². The third-order valence-corrected chi connectivity index (χ3v) is 4.23. The Morgan fingerprint density at radius 1 is 1.11 bits per heavy atom. The quantitative estimate of drug-likeness (QED) is 0.538. The number of anilines is 1. The van der Waals surface area contributed by atoms with Crippen LogP contribution in [0.2, 0.25) is 0 Å². The second-order valence-corrected chi connectivity index (χ2v) is 6.13. The molecule has 0 fully saturated rings. The predicted octanol–water partition coefficient (Wildman–Crippen LogP) is 4.06. The lowest BCUT2D eigenvalue weighted by Crippen LogP contribution is -2.07. The van der Waals surface area contributed by atoms with E-state index in [4.69, 9.17) is 4.74 Å². The van der Waals surface area contributed by atoms with Crippen molar-refractivity contribution in [3.63, 3.8) is 0 Å². The van der Waals surface area contributed by atoms with Crippen molar-refractivity contribution >= 4 is 23.4 Å². The van der Waals surface area contributed by atoms with Crippen LogP contribution in [0.15, 0.2) is 79.3 Å². The van der Waals surface area contributed by atoms with Gasteiger partial charge in [0.15, 0.2) is 0 Å². The zero-order valence-electron chi connectivity index (χ0n) is 15.2. The first-order chi connectivity index (χ1) is 13.7. The van der Waals surface area contributed by atoms with E-state index in [0.29, 0.717) is 5.78 Å². The van der Waals surface area contributed by atoms with Crippen molar-refractivity contribution in [3.8, 4) is 17.0 Å². The van der Waals surface area contributed by atoms with E-state index in [1.165, 1.54) is 6.08 Å². The topological polar surface area (TPSA) is 68.5 Å². The third-order valence-electron chi connectivity index (χ3n) is 4.23. The first kappa shape index (κ1) is 17.5. The molecule has 1 amide bonds. The van der Waals surface area contributed by atoms with Crippen LogP contribution in [0.3, 0.4) is 0 Å². The van der Waals surface area contributed by atoms with Gasteiger partial charge in [-0.2, -0.15) is 0 Å². The smallest absolute Gasteiger partial charge is 0.248 e. The molecule has 0 saturated heterocycles. The first-order valence-electron chi connectivity index (χ1n) is 8.74. The highest BCUT2D eigenvalue weighted by Crippen LogP contribution is 2.21. The van der Waals surface area contributed by atoms with Gasteiger partial charge in [-0.15, -0.1) is 0 Å². The Morgan fingerprint density at radius 3 is 2.61 bits per heavy atom. The molecule has 0 saturated carbocycles. The number of hydrogen-bond donors (Lipinski definition) is 1. The number of imidazole rings is 1. The number of hydrogen-bond acceptors (Lipinski definition) is 4. The number of ether oxygens (including phenoxy) is 1. The minimum atomic E-state index is -0.194. The maximum atomic E-state index is 12.1. The summed E-state index contributed by atoms with van der Waals surface area (Å²) in [5.41, 5.74) is 3.43. The number of carbonyl (C=O) groups is 1. The molecule has 2 aromatic heterocycles. The Balaban J connectivity index is 1.42. The molecule has 4 aromatic rings. The number of nitrogens with one attached hydrogen (secondary N) is 1. The number of methoxy groups -OCH3 is 1. The van der Waals surface area contributed by atoms with E-state index < -0.39 is 0 Å². The molecule has 0 aliphatic carbocycles. The van der Waals surface area contributed by atoms with Crippen molar-refractivity contribution in [2.45, 2.75) is 0 Å². The highest BCUT2D eigenvalue weighted by Gasteiger charge is 2.05. The van der Waals surface area contributed by atoms with Crippen molar-refractivity contribution in [2.24, 2.45) is 0 Å². The van der Waals surface area contributed by atoms with Crippen LogP contribution < -0.4 is 10.1 Å². The van der Waals surface area contributed by atoms with Crippen LogP contribution in [0.25, 0.3) is 23.1 Å². The predicted molar refractivity (Wildman–Crippen MR) is 109 cm³/mol. The zero-order chi connectivity index (χ0) is 19.3. The molecule has 2 heterocycles. The van der Waals surface area contributed by atoms with E-state index in [2.05, 4.69) is 15.3 Å². The Hall–Kier alpha value is -3.93. The van der Waals surface area contributed by atoms with Gasteiger partial charge in [-0.1, -0.05) is 24.3 Å². The third kappa shape index (κ3) is 3.91. The molecule has 28 heavy (non-hydrogen) atoms. The molecule has 0 radical (unpaired) electrons. The molecular weight excluding hydrogens is 352 g/mol. The minimum Gasteiger partial charge on any atom is -0.497 e. The average Bonchev–Trinajstić information content (AvgIpc) is 3.17.